The number of nitrogens with zero attached hydrogens (tertiary/aromatic N) is 3. The SMILES string of the molecule is CCCCc1cc(OCc2c[nH]c3ccccc23)cc(N(CCN2CCN(C)CC2)C(=O)O)c1. The minimum absolute atomic E-state index is 0.426. The lowest BCUT2D eigenvalue weighted by atomic mass is 10.1. The molecule has 0 spiro atoms. The number of aromatic amines is 1. The standard InChI is InChI=1S/C27H36N4O3/c1-3-4-7-21-16-23(31(27(32)33)15-14-30-12-10-29(2)11-13-30)18-24(17-21)34-20-22-19-28-26-9-6-5-8-25(22)26/h5-6,8-9,16-19,28H,3-4,7,10-15,20H2,1-2H3,(H,32,33). The van der Waals surface area contributed by atoms with Crippen molar-refractivity contribution in [1.29, 1.82) is 0 Å². The predicted molar refractivity (Wildman–Crippen MR) is 137 cm³/mol. The molecule has 3 aromatic rings. The number of aryl methyl sites for hydroxylation is 1. The fourth-order valence-corrected chi connectivity index (χ4v) is 4.47. The van der Waals surface area contributed by atoms with E-state index in [-0.39, 0.29) is 0 Å². The lowest BCUT2D eigenvalue weighted by Crippen LogP contribution is -2.47. The van der Waals surface area contributed by atoms with Crippen LogP contribution in [-0.4, -0.2) is 72.3 Å². The van der Waals surface area contributed by atoms with Gasteiger partial charge in [-0.3, -0.25) is 9.80 Å². The van der Waals surface area contributed by atoms with Gasteiger partial charge in [-0.2, -0.15) is 0 Å². The Morgan fingerprint density at radius 3 is 2.71 bits per heavy atom. The molecule has 2 N–H and O–H groups in total. The summed E-state index contributed by atoms with van der Waals surface area (Å²) in [5.74, 6) is 0.708. The molecule has 34 heavy (non-hydrogen) atoms. The summed E-state index contributed by atoms with van der Waals surface area (Å²) < 4.78 is 6.20. The van der Waals surface area contributed by atoms with E-state index in [1.165, 1.54) is 4.90 Å². The molecule has 0 radical (unpaired) electrons. The highest BCUT2D eigenvalue weighted by atomic mass is 16.5. The first-order chi connectivity index (χ1) is 16.5. The molecule has 7 heteroatoms. The van der Waals surface area contributed by atoms with Crippen LogP contribution in [0.1, 0.15) is 30.9 Å². The van der Waals surface area contributed by atoms with E-state index in [0.29, 0.717) is 24.6 Å². The Kier molecular flexibility index (Phi) is 8.08. The summed E-state index contributed by atoms with van der Waals surface area (Å²) in [7, 11) is 2.13. The molecule has 2 aromatic carbocycles. The molecule has 4 rings (SSSR count). The smallest absolute Gasteiger partial charge is 0.411 e. The number of para-hydroxylation sites is 1. The first-order valence-corrected chi connectivity index (χ1v) is 12.3. The van der Waals surface area contributed by atoms with Crippen molar-refractivity contribution in [3.63, 3.8) is 0 Å². The summed E-state index contributed by atoms with van der Waals surface area (Å²) in [6.45, 7) is 7.74. The molecule has 1 aliphatic heterocycles. The predicted octanol–water partition coefficient (Wildman–Crippen LogP) is 4.82. The van der Waals surface area contributed by atoms with Crippen molar-refractivity contribution < 1.29 is 14.6 Å². The zero-order valence-electron chi connectivity index (χ0n) is 20.3. The molecule has 1 aliphatic rings. The summed E-state index contributed by atoms with van der Waals surface area (Å²) in [5.41, 5.74) is 3.96. The molecule has 7 nitrogen and oxygen atoms in total. The Labute approximate surface area is 201 Å². The van der Waals surface area contributed by atoms with Gasteiger partial charge in [-0.25, -0.2) is 4.79 Å². The third-order valence-corrected chi connectivity index (χ3v) is 6.62. The number of carboxylic acid groups (broad SMARTS) is 1. The van der Waals surface area contributed by atoms with E-state index in [1.807, 2.05) is 36.5 Å². The molecule has 0 aliphatic carbocycles. The second-order valence-electron chi connectivity index (χ2n) is 9.17. The average molecular weight is 465 g/mol. The van der Waals surface area contributed by atoms with Crippen molar-refractivity contribution in [3.8, 4) is 5.75 Å². The topological polar surface area (TPSA) is 72.0 Å². The quantitative estimate of drug-likeness (QED) is 0.450. The Balaban J connectivity index is 1.51. The summed E-state index contributed by atoms with van der Waals surface area (Å²) in [6, 6.07) is 14.1. The molecule has 1 aromatic heterocycles. The summed E-state index contributed by atoms with van der Waals surface area (Å²) in [4.78, 5) is 21.6. The number of rotatable bonds is 10. The Morgan fingerprint density at radius 2 is 1.94 bits per heavy atom. The van der Waals surface area contributed by atoms with Gasteiger partial charge in [0.25, 0.3) is 0 Å². The fourth-order valence-electron chi connectivity index (χ4n) is 4.47. The normalized spacial score (nSPS) is 15.0. The first kappa shape index (κ1) is 24.1. The number of piperazine rings is 1. The highest BCUT2D eigenvalue weighted by molar-refractivity contribution is 5.86. The monoisotopic (exact) mass is 464 g/mol. The maximum absolute atomic E-state index is 12.2. The van der Waals surface area contributed by atoms with Gasteiger partial charge in [0.1, 0.15) is 12.4 Å². The van der Waals surface area contributed by atoms with Crippen LogP contribution in [0.15, 0.2) is 48.7 Å². The number of anilines is 1. The first-order valence-electron chi connectivity index (χ1n) is 12.3. The maximum atomic E-state index is 12.2. The zero-order valence-corrected chi connectivity index (χ0v) is 20.3. The van der Waals surface area contributed by atoms with Gasteiger partial charge in [0.2, 0.25) is 0 Å². The number of likely N-dealkylation sites (N-methyl/N-ethyl adjacent to an activating group) is 1. The van der Waals surface area contributed by atoms with Crippen molar-refractivity contribution in [1.82, 2.24) is 14.8 Å². The van der Waals surface area contributed by atoms with Gasteiger partial charge in [0, 0.05) is 68.0 Å². The number of amides is 1. The van der Waals surface area contributed by atoms with Gasteiger partial charge in [-0.05, 0) is 43.7 Å². The van der Waals surface area contributed by atoms with Gasteiger partial charge >= 0.3 is 6.09 Å². The molecule has 182 valence electrons. The second-order valence-corrected chi connectivity index (χ2v) is 9.17. The fraction of sp³-hybridized carbons (Fsp3) is 0.444. The van der Waals surface area contributed by atoms with Crippen LogP contribution in [0.5, 0.6) is 5.75 Å². The molecule has 0 unspecified atom stereocenters. The number of ether oxygens (including phenoxy) is 1. The van der Waals surface area contributed by atoms with Crippen LogP contribution in [0.2, 0.25) is 0 Å². The number of hydrogen-bond donors (Lipinski definition) is 2. The summed E-state index contributed by atoms with van der Waals surface area (Å²) >= 11 is 0. The molecular weight excluding hydrogens is 428 g/mol. The minimum Gasteiger partial charge on any atom is -0.489 e. The molecule has 0 bridgehead atoms. The van der Waals surface area contributed by atoms with E-state index < -0.39 is 6.09 Å². The number of unbranched alkanes of at least 4 members (excludes halogenated alkanes) is 1. The molecule has 0 atom stereocenters. The van der Waals surface area contributed by atoms with Crippen molar-refractivity contribution in [2.75, 3.05) is 51.2 Å². The number of H-pyrrole nitrogens is 1. The number of nitrogens with one attached hydrogen (secondary N) is 1. The molecule has 1 fully saturated rings. The lowest BCUT2D eigenvalue weighted by molar-refractivity contribution is 0.155. The van der Waals surface area contributed by atoms with Crippen LogP contribution in [0, 0.1) is 0 Å². The van der Waals surface area contributed by atoms with E-state index in [9.17, 15) is 9.90 Å². The largest absolute Gasteiger partial charge is 0.489 e. The molecule has 1 saturated heterocycles. The van der Waals surface area contributed by atoms with E-state index in [2.05, 4.69) is 40.9 Å². The van der Waals surface area contributed by atoms with Crippen LogP contribution in [-0.2, 0) is 13.0 Å². The Hall–Kier alpha value is -3.03. The van der Waals surface area contributed by atoms with Gasteiger partial charge in [0.15, 0.2) is 0 Å². The second kappa shape index (κ2) is 11.4. The van der Waals surface area contributed by atoms with Crippen molar-refractivity contribution in [2.45, 2.75) is 32.8 Å². The molecule has 1 amide bonds. The number of benzene rings is 2. The number of fused-ring (bicyclic) bond motifs is 1. The van der Waals surface area contributed by atoms with Gasteiger partial charge in [-0.1, -0.05) is 31.5 Å². The van der Waals surface area contributed by atoms with Crippen LogP contribution in [0.25, 0.3) is 10.9 Å². The van der Waals surface area contributed by atoms with E-state index >= 15 is 0 Å². The minimum atomic E-state index is -0.927. The number of aromatic nitrogens is 1. The van der Waals surface area contributed by atoms with Crippen LogP contribution < -0.4 is 9.64 Å². The van der Waals surface area contributed by atoms with Crippen LogP contribution >= 0.6 is 0 Å². The van der Waals surface area contributed by atoms with Crippen molar-refractivity contribution in [3.05, 3.63) is 59.8 Å². The van der Waals surface area contributed by atoms with Crippen molar-refractivity contribution >= 4 is 22.7 Å². The third-order valence-electron chi connectivity index (χ3n) is 6.62. The summed E-state index contributed by atoms with van der Waals surface area (Å²) in [6.07, 6.45) is 4.09. The third kappa shape index (κ3) is 6.10. The van der Waals surface area contributed by atoms with Gasteiger partial charge < -0.3 is 19.7 Å². The zero-order chi connectivity index (χ0) is 23.9. The van der Waals surface area contributed by atoms with E-state index in [4.69, 9.17) is 4.74 Å². The Bertz CT molecular complexity index is 1090. The lowest BCUT2D eigenvalue weighted by Gasteiger charge is -2.33. The number of carbonyl (C=O) groups is 1. The summed E-state index contributed by atoms with van der Waals surface area (Å²) in [5, 5.41) is 11.2. The average Bonchev–Trinajstić information content (AvgIpc) is 3.25. The highest BCUT2D eigenvalue weighted by Gasteiger charge is 2.20. The van der Waals surface area contributed by atoms with E-state index in [1.54, 1.807) is 0 Å². The van der Waals surface area contributed by atoms with Gasteiger partial charge in [-0.15, -0.1) is 0 Å². The number of hydrogen-bond acceptors (Lipinski definition) is 4. The molecule has 2 heterocycles. The molecular formula is C27H36N4O3. The highest BCUT2D eigenvalue weighted by Crippen LogP contribution is 2.27. The Morgan fingerprint density at radius 1 is 1.15 bits per heavy atom. The van der Waals surface area contributed by atoms with E-state index in [0.717, 1.165) is 74.0 Å². The van der Waals surface area contributed by atoms with Gasteiger partial charge in [0.05, 0.1) is 5.69 Å². The molecule has 0 saturated carbocycles. The maximum Gasteiger partial charge on any atom is 0.411 e. The van der Waals surface area contributed by atoms with Crippen molar-refractivity contribution in [2.24, 2.45) is 0 Å². The van der Waals surface area contributed by atoms with Crippen LogP contribution in [0.4, 0.5) is 10.5 Å². The van der Waals surface area contributed by atoms with Crippen LogP contribution in [0.3, 0.4) is 0 Å².